The quantitative estimate of drug-likeness (QED) is 0.340. The third-order valence-corrected chi connectivity index (χ3v) is 6.07. The molecule has 0 bridgehead atoms. The van der Waals surface area contributed by atoms with Crippen LogP contribution in [-0.4, -0.2) is 79.5 Å². The van der Waals surface area contributed by atoms with Gasteiger partial charge in [0.15, 0.2) is 0 Å². The van der Waals surface area contributed by atoms with Crippen LogP contribution >= 0.6 is 0 Å². The first kappa shape index (κ1) is 24.2. The number of piperidine rings is 2. The van der Waals surface area contributed by atoms with Gasteiger partial charge in [-0.1, -0.05) is 0 Å². The van der Waals surface area contributed by atoms with Crippen molar-refractivity contribution in [2.75, 3.05) is 55.5 Å². The van der Waals surface area contributed by atoms with Gasteiger partial charge in [0.2, 0.25) is 17.8 Å². The lowest BCUT2D eigenvalue weighted by atomic mass is 10.0. The monoisotopic (exact) mass is 472 g/mol. The maximum atomic E-state index is 6.22. The topological polar surface area (TPSA) is 180 Å². The summed E-state index contributed by atoms with van der Waals surface area (Å²) in [6.45, 7) is 2.98. The molecule has 1 aromatic carbocycles. The van der Waals surface area contributed by atoms with Crippen molar-refractivity contribution in [1.29, 1.82) is 0 Å². The van der Waals surface area contributed by atoms with E-state index < -0.39 is 0 Å². The molecule has 4 atom stereocenters. The summed E-state index contributed by atoms with van der Waals surface area (Å²) in [4.78, 5) is 18.2. The third kappa shape index (κ3) is 5.95. The Hall–Kier alpha value is -2.93. The number of nitrogens with two attached hydrogens (primary N) is 4. The van der Waals surface area contributed by atoms with Crippen molar-refractivity contribution in [2.45, 2.75) is 43.6 Å². The van der Waals surface area contributed by atoms with Crippen LogP contribution in [0.5, 0.6) is 11.5 Å². The molecule has 0 spiro atoms. The summed E-state index contributed by atoms with van der Waals surface area (Å²) in [5.41, 5.74) is 25.8. The lowest BCUT2D eigenvalue weighted by Crippen LogP contribution is -2.54. The van der Waals surface area contributed by atoms with E-state index in [1.165, 1.54) is 0 Å². The maximum absolute atomic E-state index is 6.22. The van der Waals surface area contributed by atoms with Crippen LogP contribution in [0.3, 0.4) is 0 Å². The molecule has 2 aliphatic rings. The first-order chi connectivity index (χ1) is 16.3. The number of aromatic nitrogens is 3. The van der Waals surface area contributed by atoms with E-state index in [-0.39, 0.29) is 24.2 Å². The number of nitrogens with one attached hydrogen (secondary N) is 1. The Kier molecular flexibility index (Phi) is 7.51. The molecule has 0 amide bonds. The lowest BCUT2D eigenvalue weighted by molar-refractivity contribution is 0.393. The van der Waals surface area contributed by atoms with Crippen LogP contribution in [0.1, 0.15) is 18.4 Å². The minimum Gasteiger partial charge on any atom is -0.497 e. The molecule has 2 aliphatic heterocycles. The zero-order valence-electron chi connectivity index (χ0n) is 19.9. The molecule has 34 heavy (non-hydrogen) atoms. The first-order valence-electron chi connectivity index (χ1n) is 11.6. The Balaban J connectivity index is 1.61. The van der Waals surface area contributed by atoms with Crippen LogP contribution in [0, 0.1) is 0 Å². The van der Waals surface area contributed by atoms with Crippen molar-refractivity contribution in [3.05, 3.63) is 23.8 Å². The molecule has 12 heteroatoms. The average molecular weight is 473 g/mol. The summed E-state index contributed by atoms with van der Waals surface area (Å²) < 4.78 is 10.8. The van der Waals surface area contributed by atoms with Crippen LogP contribution in [0.2, 0.25) is 0 Å². The number of benzene rings is 1. The van der Waals surface area contributed by atoms with Gasteiger partial charge >= 0.3 is 0 Å². The third-order valence-electron chi connectivity index (χ3n) is 6.07. The van der Waals surface area contributed by atoms with E-state index in [1.54, 1.807) is 14.2 Å². The van der Waals surface area contributed by atoms with Gasteiger partial charge in [-0.25, -0.2) is 0 Å². The molecular weight excluding hydrogens is 436 g/mol. The fraction of sp³-hybridized carbons (Fsp3) is 0.591. The first-order valence-corrected chi connectivity index (χ1v) is 11.6. The lowest BCUT2D eigenvalue weighted by Gasteiger charge is -2.37. The zero-order chi connectivity index (χ0) is 24.2. The molecule has 1 aromatic heterocycles. The van der Waals surface area contributed by atoms with Gasteiger partial charge < -0.3 is 47.5 Å². The second-order valence-corrected chi connectivity index (χ2v) is 9.16. The summed E-state index contributed by atoms with van der Waals surface area (Å²) in [5, 5.41) is 3.32. The molecule has 2 aromatic rings. The van der Waals surface area contributed by atoms with Crippen molar-refractivity contribution in [1.82, 2.24) is 15.0 Å². The summed E-state index contributed by atoms with van der Waals surface area (Å²) in [5.74, 6) is 2.94. The van der Waals surface area contributed by atoms with Gasteiger partial charge in [0.25, 0.3) is 0 Å². The summed E-state index contributed by atoms with van der Waals surface area (Å²) in [6, 6.07) is 5.54. The van der Waals surface area contributed by atoms with Gasteiger partial charge in [0.05, 0.1) is 14.2 Å². The Morgan fingerprint density at radius 1 is 0.765 bits per heavy atom. The second kappa shape index (κ2) is 10.6. The predicted octanol–water partition coefficient (Wildman–Crippen LogP) is -0.770. The number of hydrogen-bond acceptors (Lipinski definition) is 12. The van der Waals surface area contributed by atoms with Gasteiger partial charge in [-0.2, -0.15) is 15.0 Å². The summed E-state index contributed by atoms with van der Waals surface area (Å²) >= 11 is 0. The van der Waals surface area contributed by atoms with E-state index in [9.17, 15) is 0 Å². The molecule has 0 radical (unpaired) electrons. The van der Waals surface area contributed by atoms with Gasteiger partial charge in [0, 0.05) is 63.0 Å². The number of methoxy groups -OCH3 is 2. The van der Waals surface area contributed by atoms with E-state index in [2.05, 4.69) is 15.3 Å². The van der Waals surface area contributed by atoms with Crippen molar-refractivity contribution in [3.63, 3.8) is 0 Å². The number of ether oxygens (including phenoxy) is 2. The van der Waals surface area contributed by atoms with E-state index in [0.717, 1.165) is 18.4 Å². The largest absolute Gasteiger partial charge is 0.497 e. The van der Waals surface area contributed by atoms with E-state index in [4.69, 9.17) is 37.4 Å². The van der Waals surface area contributed by atoms with Crippen LogP contribution < -0.4 is 47.5 Å². The molecule has 0 saturated carbocycles. The van der Waals surface area contributed by atoms with E-state index in [1.807, 2.05) is 28.0 Å². The van der Waals surface area contributed by atoms with Crippen molar-refractivity contribution in [3.8, 4) is 11.5 Å². The minimum absolute atomic E-state index is 0.0403. The van der Waals surface area contributed by atoms with E-state index in [0.29, 0.717) is 62.1 Å². The van der Waals surface area contributed by atoms with Crippen LogP contribution in [0.25, 0.3) is 0 Å². The van der Waals surface area contributed by atoms with Crippen LogP contribution in [0.4, 0.5) is 17.8 Å². The fourth-order valence-electron chi connectivity index (χ4n) is 4.55. The molecule has 2 saturated heterocycles. The average Bonchev–Trinajstić information content (AvgIpc) is 2.81. The van der Waals surface area contributed by atoms with Gasteiger partial charge in [-0.3, -0.25) is 0 Å². The van der Waals surface area contributed by atoms with Crippen molar-refractivity contribution in [2.24, 2.45) is 22.9 Å². The van der Waals surface area contributed by atoms with Gasteiger partial charge in [0.1, 0.15) is 11.5 Å². The Bertz CT molecular complexity index is 890. The molecule has 3 heterocycles. The highest BCUT2D eigenvalue weighted by Gasteiger charge is 2.28. The fourth-order valence-corrected chi connectivity index (χ4v) is 4.55. The highest BCUT2D eigenvalue weighted by Crippen LogP contribution is 2.25. The normalized spacial score (nSPS) is 25.2. The Morgan fingerprint density at radius 2 is 1.21 bits per heavy atom. The summed E-state index contributed by atoms with van der Waals surface area (Å²) in [6.07, 6.45) is 1.54. The van der Waals surface area contributed by atoms with E-state index >= 15 is 0 Å². The zero-order valence-corrected chi connectivity index (χ0v) is 19.9. The van der Waals surface area contributed by atoms with Gasteiger partial charge in [-0.05, 0) is 30.5 Å². The number of anilines is 3. The Morgan fingerprint density at radius 3 is 1.62 bits per heavy atom. The number of nitrogens with zero attached hydrogens (tertiary/aromatic N) is 5. The highest BCUT2D eigenvalue weighted by atomic mass is 16.5. The molecule has 0 aliphatic carbocycles. The molecule has 186 valence electrons. The second-order valence-electron chi connectivity index (χ2n) is 9.16. The maximum Gasteiger partial charge on any atom is 0.232 e. The predicted molar refractivity (Wildman–Crippen MR) is 132 cm³/mol. The minimum atomic E-state index is -0.0403. The summed E-state index contributed by atoms with van der Waals surface area (Å²) in [7, 11) is 3.25. The van der Waals surface area contributed by atoms with Gasteiger partial charge in [-0.15, -0.1) is 0 Å². The Labute approximate surface area is 200 Å². The molecular formula is C22H36N10O2. The number of hydrogen-bond donors (Lipinski definition) is 5. The standard InChI is InChI=1S/C22H36N10O2/c1-33-18-3-13(4-19(7-18)34-2)8-27-20-28-21(31-9-14(23)5-15(24)10-31)30-22(29-20)32-11-16(25)6-17(26)12-32/h3-4,7,14-17H,5-6,8-12,23-26H2,1-2H3,(H,27,28,29,30)/t14-,15+,16-,17+. The van der Waals surface area contributed by atoms with Crippen LogP contribution in [-0.2, 0) is 6.54 Å². The highest BCUT2D eigenvalue weighted by molar-refractivity contribution is 5.47. The molecule has 2 fully saturated rings. The van der Waals surface area contributed by atoms with Crippen molar-refractivity contribution >= 4 is 17.8 Å². The smallest absolute Gasteiger partial charge is 0.232 e. The molecule has 12 nitrogen and oxygen atoms in total. The van der Waals surface area contributed by atoms with Crippen LogP contribution in [0.15, 0.2) is 18.2 Å². The SMILES string of the molecule is COc1cc(CNc2nc(N3C[C@H](N)C[C@H](N)C3)nc(N3C[C@H](N)C[C@H](N)C3)n2)cc(OC)c1. The molecule has 4 rings (SSSR count). The van der Waals surface area contributed by atoms with Crippen molar-refractivity contribution < 1.29 is 9.47 Å². The number of rotatable bonds is 7. The molecule has 0 unspecified atom stereocenters. The molecule has 9 N–H and O–H groups in total.